The van der Waals surface area contributed by atoms with Crippen LogP contribution in [0.15, 0.2) is 35.9 Å². The zero-order chi connectivity index (χ0) is 34.3. The van der Waals surface area contributed by atoms with E-state index < -0.39 is 94.8 Å². The summed E-state index contributed by atoms with van der Waals surface area (Å²) >= 11 is 0. The SMILES string of the molecule is CC(=O)[C@]1(O)CC[C@@]2(O)[C@]1(C)[C@H](OC(=O)c1ccc(O)cc1)C[C@@H]1[C@@]3(C)CC[C@H](O[C@@H]4O[C@H](CO)[C@@H](O)[C@H](O)[C@H]4O)CC3=CC[C@]12O. The largest absolute Gasteiger partial charge is 0.508 e. The molecule has 5 aliphatic rings. The molecule has 1 aromatic carbocycles. The van der Waals surface area contributed by atoms with Crippen LogP contribution in [0.25, 0.3) is 0 Å². The lowest BCUT2D eigenvalue weighted by Gasteiger charge is -2.67. The van der Waals surface area contributed by atoms with Crippen molar-refractivity contribution >= 4 is 11.8 Å². The highest BCUT2D eigenvalue weighted by molar-refractivity contribution is 5.90. The summed E-state index contributed by atoms with van der Waals surface area (Å²) in [5.74, 6) is -2.09. The van der Waals surface area contributed by atoms with Crippen LogP contribution in [0.2, 0.25) is 0 Å². The van der Waals surface area contributed by atoms with Gasteiger partial charge in [0.05, 0.1) is 23.7 Å². The fourth-order valence-electron chi connectivity index (χ4n) is 9.64. The molecule has 0 bridgehead atoms. The molecular weight excluding hydrogens is 616 g/mol. The van der Waals surface area contributed by atoms with Crippen molar-refractivity contribution in [1.82, 2.24) is 0 Å². The normalized spacial score (nSPS) is 47.7. The summed E-state index contributed by atoms with van der Waals surface area (Å²) < 4.78 is 17.7. The van der Waals surface area contributed by atoms with Crippen LogP contribution >= 0.6 is 0 Å². The first-order valence-corrected chi connectivity index (χ1v) is 16.3. The maximum atomic E-state index is 13.5. The fourth-order valence-corrected chi connectivity index (χ4v) is 9.64. The van der Waals surface area contributed by atoms with Crippen LogP contribution in [0.4, 0.5) is 0 Å². The highest BCUT2D eigenvalue weighted by Crippen LogP contribution is 2.71. The molecule has 0 amide bonds. The van der Waals surface area contributed by atoms with Gasteiger partial charge in [0.15, 0.2) is 12.1 Å². The second-order valence-corrected chi connectivity index (χ2v) is 14.7. The van der Waals surface area contributed by atoms with E-state index in [2.05, 4.69) is 0 Å². The zero-order valence-corrected chi connectivity index (χ0v) is 26.8. The van der Waals surface area contributed by atoms with Crippen molar-refractivity contribution in [2.24, 2.45) is 16.7 Å². The lowest BCUT2D eigenvalue weighted by atomic mass is 9.42. The molecule has 8 N–H and O–H groups in total. The summed E-state index contributed by atoms with van der Waals surface area (Å²) in [6, 6.07) is 5.44. The van der Waals surface area contributed by atoms with E-state index in [4.69, 9.17) is 14.2 Å². The van der Waals surface area contributed by atoms with Gasteiger partial charge >= 0.3 is 5.97 Å². The van der Waals surface area contributed by atoms with Gasteiger partial charge in [0.1, 0.15) is 53.1 Å². The first kappa shape index (κ1) is 34.4. The van der Waals surface area contributed by atoms with Gasteiger partial charge in [-0.1, -0.05) is 18.6 Å². The molecule has 3 saturated carbocycles. The smallest absolute Gasteiger partial charge is 0.338 e. The Bertz CT molecular complexity index is 1430. The Morgan fingerprint density at radius 2 is 1.66 bits per heavy atom. The highest BCUT2D eigenvalue weighted by Gasteiger charge is 2.81. The van der Waals surface area contributed by atoms with E-state index >= 15 is 0 Å². The first-order chi connectivity index (χ1) is 22.0. The molecule has 1 saturated heterocycles. The van der Waals surface area contributed by atoms with E-state index in [1.54, 1.807) is 0 Å². The Kier molecular flexibility index (Phi) is 8.47. The lowest BCUT2D eigenvalue weighted by Crippen LogP contribution is -2.78. The molecule has 1 heterocycles. The molecule has 0 unspecified atom stereocenters. The van der Waals surface area contributed by atoms with Gasteiger partial charge in [-0.3, -0.25) is 4.79 Å². The molecule has 6 rings (SSSR count). The molecule has 13 heteroatoms. The predicted octanol–water partition coefficient (Wildman–Crippen LogP) is 0.225. The number of ether oxygens (including phenoxy) is 3. The van der Waals surface area contributed by atoms with Gasteiger partial charge in [-0.2, -0.15) is 0 Å². The van der Waals surface area contributed by atoms with E-state index in [-0.39, 0.29) is 37.0 Å². The van der Waals surface area contributed by atoms with E-state index in [9.17, 15) is 50.4 Å². The standard InChI is InChI=1S/C34H46O13/c1-17(36)32(42)12-13-34(44)31(32,3)24(47-28(41)18-4-6-20(37)7-5-18)15-23-30(2)10-9-21(14-19(30)8-11-33(23,34)43)45-29-27(40)26(39)25(38)22(16-35)46-29/h4-8,21-27,29,35,37-40,42-44H,9-16H2,1-3H3/t21-,22+,23+,24+,25+,26-,27+,29+,30-,31+,32+,33-,34+/m0/s1. The number of phenols is 1. The molecule has 4 aliphatic carbocycles. The number of esters is 1. The predicted molar refractivity (Wildman–Crippen MR) is 162 cm³/mol. The molecule has 0 radical (unpaired) electrons. The number of rotatable bonds is 6. The van der Waals surface area contributed by atoms with Gasteiger partial charge in [0.2, 0.25) is 0 Å². The molecule has 13 nitrogen and oxygen atoms in total. The molecule has 4 fully saturated rings. The van der Waals surface area contributed by atoms with Crippen LogP contribution in [-0.4, -0.2) is 119 Å². The van der Waals surface area contributed by atoms with E-state index in [1.165, 1.54) is 38.1 Å². The summed E-state index contributed by atoms with van der Waals surface area (Å²) in [5, 5.41) is 87.4. The topological polar surface area (TPSA) is 224 Å². The van der Waals surface area contributed by atoms with Crippen molar-refractivity contribution in [2.45, 2.75) is 125 Å². The summed E-state index contributed by atoms with van der Waals surface area (Å²) in [6.07, 6.45) is -5.91. The number of benzene rings is 1. The third-order valence-corrected chi connectivity index (χ3v) is 12.7. The Labute approximate surface area is 272 Å². The molecule has 260 valence electrons. The monoisotopic (exact) mass is 662 g/mol. The highest BCUT2D eigenvalue weighted by atomic mass is 16.7. The molecule has 13 atom stereocenters. The minimum Gasteiger partial charge on any atom is -0.508 e. The number of aromatic hydroxyl groups is 1. The van der Waals surface area contributed by atoms with Crippen LogP contribution in [0.5, 0.6) is 5.75 Å². The minimum absolute atomic E-state index is 0.00589. The average Bonchev–Trinajstić information content (AvgIpc) is 3.27. The number of fused-ring (bicyclic) bond motifs is 5. The van der Waals surface area contributed by atoms with E-state index in [1.807, 2.05) is 13.0 Å². The van der Waals surface area contributed by atoms with Crippen molar-refractivity contribution in [2.75, 3.05) is 6.61 Å². The maximum Gasteiger partial charge on any atom is 0.338 e. The van der Waals surface area contributed by atoms with Crippen molar-refractivity contribution in [3.63, 3.8) is 0 Å². The van der Waals surface area contributed by atoms with Gasteiger partial charge in [-0.25, -0.2) is 4.79 Å². The van der Waals surface area contributed by atoms with Crippen LogP contribution in [0, 0.1) is 16.7 Å². The number of hydrogen-bond donors (Lipinski definition) is 8. The number of ketones is 1. The second-order valence-electron chi connectivity index (χ2n) is 14.7. The van der Waals surface area contributed by atoms with Crippen molar-refractivity contribution in [3.05, 3.63) is 41.5 Å². The molecule has 1 aromatic rings. The second kappa shape index (κ2) is 11.6. The fraction of sp³-hybridized carbons (Fsp3) is 0.706. The quantitative estimate of drug-likeness (QED) is 0.151. The van der Waals surface area contributed by atoms with E-state index in [0.29, 0.717) is 19.3 Å². The number of Topliss-reactive ketones (excluding diaryl/α,β-unsaturated/α-hetero) is 1. The van der Waals surface area contributed by atoms with Crippen LogP contribution in [0.1, 0.15) is 76.1 Å². The van der Waals surface area contributed by atoms with Crippen molar-refractivity contribution < 1.29 is 64.7 Å². The summed E-state index contributed by atoms with van der Waals surface area (Å²) in [4.78, 5) is 26.5. The van der Waals surface area contributed by atoms with Crippen molar-refractivity contribution in [3.8, 4) is 5.75 Å². The average molecular weight is 663 g/mol. The van der Waals surface area contributed by atoms with Gasteiger partial charge in [-0.05, 0) is 88.5 Å². The van der Waals surface area contributed by atoms with Gasteiger partial charge in [-0.15, -0.1) is 0 Å². The van der Waals surface area contributed by atoms with Crippen LogP contribution in [-0.2, 0) is 19.0 Å². The Hall–Kier alpha value is -2.46. The number of phenolic OH excluding ortho intramolecular Hbond substituents is 1. The molecule has 0 aromatic heterocycles. The third-order valence-electron chi connectivity index (χ3n) is 12.7. The Balaban J connectivity index is 1.32. The maximum absolute atomic E-state index is 13.5. The van der Waals surface area contributed by atoms with Gasteiger partial charge in [0.25, 0.3) is 0 Å². The molecule has 1 aliphatic heterocycles. The number of carbonyl (C=O) groups is 2. The Morgan fingerprint density at radius 3 is 2.30 bits per heavy atom. The Morgan fingerprint density at radius 1 is 0.979 bits per heavy atom. The van der Waals surface area contributed by atoms with Gasteiger partial charge in [0, 0.05) is 5.92 Å². The number of hydrogen-bond acceptors (Lipinski definition) is 13. The zero-order valence-electron chi connectivity index (χ0n) is 26.8. The third kappa shape index (κ3) is 4.77. The molecule has 47 heavy (non-hydrogen) atoms. The van der Waals surface area contributed by atoms with Crippen LogP contribution in [0.3, 0.4) is 0 Å². The number of aliphatic hydroxyl groups is 7. The van der Waals surface area contributed by atoms with E-state index in [0.717, 1.165) is 5.57 Å². The van der Waals surface area contributed by atoms with Crippen LogP contribution < -0.4 is 0 Å². The molecular formula is C34H46O13. The summed E-state index contributed by atoms with van der Waals surface area (Å²) in [5.41, 5.74) is -7.40. The summed E-state index contributed by atoms with van der Waals surface area (Å²) in [6.45, 7) is 4.12. The lowest BCUT2D eigenvalue weighted by molar-refractivity contribution is -0.319. The first-order valence-electron chi connectivity index (χ1n) is 16.3. The summed E-state index contributed by atoms with van der Waals surface area (Å²) in [7, 11) is 0. The number of aliphatic hydroxyl groups excluding tert-OH is 4. The molecule has 0 spiro atoms. The number of carbonyl (C=O) groups excluding carboxylic acids is 2. The minimum atomic E-state index is -2.09. The van der Waals surface area contributed by atoms with Gasteiger partial charge < -0.3 is 55.1 Å². The van der Waals surface area contributed by atoms with Crippen molar-refractivity contribution in [1.29, 1.82) is 0 Å².